The number of phenolic OH excluding ortho intramolecular Hbond substituents is 1. The molecule has 0 unspecified atom stereocenters. The normalized spacial score (nSPS) is 12.4. The van der Waals surface area contributed by atoms with E-state index in [4.69, 9.17) is 0 Å². The molecule has 0 atom stereocenters. The number of rotatable bonds is 2. The molecular formula is C15H22BIO2. The summed E-state index contributed by atoms with van der Waals surface area (Å²) in [6.45, 7) is 12.3. The molecule has 19 heavy (non-hydrogen) atoms. The fraction of sp³-hybridized carbons (Fsp3) is 0.533. The number of carbonyl (C=O) groups excluding carboxylic acids is 1. The van der Waals surface area contributed by atoms with Crippen LogP contribution in [0.3, 0.4) is 0 Å². The van der Waals surface area contributed by atoms with Crippen molar-refractivity contribution in [2.75, 3.05) is 0 Å². The summed E-state index contributed by atoms with van der Waals surface area (Å²) in [5, 5.41) is 11.0. The van der Waals surface area contributed by atoms with Gasteiger partial charge in [0.1, 0.15) is 11.4 Å². The summed E-state index contributed by atoms with van der Waals surface area (Å²) in [4.78, 5) is 12.0. The van der Waals surface area contributed by atoms with Crippen molar-refractivity contribution in [1.82, 2.24) is 0 Å². The molecule has 0 radical (unpaired) electrons. The smallest absolute Gasteiger partial charge is 0.285 e. The first-order chi connectivity index (χ1) is 8.48. The Morgan fingerprint density at radius 3 is 1.68 bits per heavy atom. The van der Waals surface area contributed by atoms with Crippen LogP contribution in [0.25, 0.3) is 0 Å². The molecule has 1 aromatic rings. The van der Waals surface area contributed by atoms with E-state index >= 15 is 0 Å². The van der Waals surface area contributed by atoms with E-state index in [0.717, 1.165) is 11.1 Å². The van der Waals surface area contributed by atoms with Crippen LogP contribution in [0.4, 0.5) is 0 Å². The van der Waals surface area contributed by atoms with Crippen LogP contribution < -0.4 is 0 Å². The number of phenols is 1. The first-order valence-corrected chi connectivity index (χ1v) is 7.98. The van der Waals surface area contributed by atoms with Crippen molar-refractivity contribution in [2.24, 2.45) is 0 Å². The van der Waals surface area contributed by atoms with E-state index in [1.807, 2.05) is 53.7 Å². The van der Waals surface area contributed by atoms with Crippen LogP contribution in [0.2, 0.25) is 0 Å². The molecule has 0 amide bonds. The van der Waals surface area contributed by atoms with Crippen molar-refractivity contribution in [2.45, 2.75) is 52.4 Å². The van der Waals surface area contributed by atoms with Crippen LogP contribution in [0.15, 0.2) is 12.1 Å². The monoisotopic (exact) mass is 372 g/mol. The van der Waals surface area contributed by atoms with Gasteiger partial charge in [-0.25, -0.2) is 0 Å². The lowest BCUT2D eigenvalue weighted by Gasteiger charge is -2.28. The summed E-state index contributed by atoms with van der Waals surface area (Å²) in [5.74, 6) is 0.324. The Bertz CT molecular complexity index is 461. The van der Waals surface area contributed by atoms with Crippen LogP contribution in [0.5, 0.6) is 5.75 Å². The average molecular weight is 372 g/mol. The van der Waals surface area contributed by atoms with Gasteiger partial charge in [-0.2, -0.15) is 0 Å². The third kappa shape index (κ3) is 3.74. The van der Waals surface area contributed by atoms with E-state index < -0.39 is 0 Å². The van der Waals surface area contributed by atoms with E-state index in [9.17, 15) is 9.90 Å². The highest BCUT2D eigenvalue weighted by atomic mass is 127. The lowest BCUT2D eigenvalue weighted by Crippen LogP contribution is -2.19. The van der Waals surface area contributed by atoms with Crippen LogP contribution in [-0.4, -0.2) is 15.9 Å². The Morgan fingerprint density at radius 1 is 1.05 bits per heavy atom. The van der Waals surface area contributed by atoms with Gasteiger partial charge in [-0.3, -0.25) is 0 Å². The summed E-state index contributed by atoms with van der Waals surface area (Å²) in [5.41, 5.74) is 2.11. The Hall–Kier alpha value is -0.515. The quantitative estimate of drug-likeness (QED) is 0.632. The molecule has 0 aromatic heterocycles. The number of hydrogen-bond donors (Lipinski definition) is 1. The number of carbonyl (C=O) groups is 1. The van der Waals surface area contributed by atoms with Crippen molar-refractivity contribution < 1.29 is 9.90 Å². The van der Waals surface area contributed by atoms with Crippen LogP contribution in [-0.2, 0) is 10.8 Å². The highest BCUT2D eigenvalue weighted by Gasteiger charge is 2.27. The minimum Gasteiger partial charge on any atom is -0.507 e. The van der Waals surface area contributed by atoms with E-state index in [2.05, 4.69) is 22.4 Å². The lowest BCUT2D eigenvalue weighted by molar-refractivity contribution is 0.107. The zero-order valence-corrected chi connectivity index (χ0v) is 14.8. The van der Waals surface area contributed by atoms with Gasteiger partial charge >= 0.3 is 0 Å². The maximum atomic E-state index is 12.0. The van der Waals surface area contributed by atoms with Crippen molar-refractivity contribution in [3.05, 3.63) is 28.8 Å². The van der Waals surface area contributed by atoms with Gasteiger partial charge in [-0.15, -0.1) is 22.4 Å². The lowest BCUT2D eigenvalue weighted by atomic mass is 9.77. The molecule has 0 spiro atoms. The van der Waals surface area contributed by atoms with Gasteiger partial charge in [0.05, 0.1) is 0 Å². The molecule has 1 rings (SSSR count). The summed E-state index contributed by atoms with van der Waals surface area (Å²) in [7, 11) is 0. The second kappa shape index (κ2) is 5.47. The number of benzene rings is 1. The van der Waals surface area contributed by atoms with Crippen molar-refractivity contribution in [1.29, 1.82) is 0 Å². The first kappa shape index (κ1) is 16.5. The third-order valence-corrected chi connectivity index (χ3v) is 3.86. The van der Waals surface area contributed by atoms with E-state index in [1.165, 1.54) is 0 Å². The third-order valence-electron chi connectivity index (χ3n) is 3.17. The molecule has 0 aliphatic rings. The molecule has 104 valence electrons. The van der Waals surface area contributed by atoms with Gasteiger partial charge in [-0.05, 0) is 23.0 Å². The van der Waals surface area contributed by atoms with Crippen molar-refractivity contribution in [3.63, 3.8) is 0 Å². The summed E-state index contributed by atoms with van der Waals surface area (Å²) < 4.78 is 0. The van der Waals surface area contributed by atoms with Crippen LogP contribution >= 0.6 is 22.4 Å². The molecular weight excluding hydrogens is 350 g/mol. The van der Waals surface area contributed by atoms with Gasteiger partial charge in [-0.1, -0.05) is 41.5 Å². The maximum Gasteiger partial charge on any atom is 0.285 e. The largest absolute Gasteiger partial charge is 0.507 e. The number of aromatic hydroxyl groups is 1. The minimum absolute atomic E-state index is 0.108. The molecule has 0 heterocycles. The fourth-order valence-corrected chi connectivity index (χ4v) is 2.46. The standard InChI is InChI=1S/C15H22BIO2/c1-14(2,3)10-7-9(13(19)16-17)8-11(12(10)18)15(4,5)6/h7-8,16,18H,1-6H3. The van der Waals surface area contributed by atoms with Crippen LogP contribution in [0.1, 0.15) is 63.0 Å². The van der Waals surface area contributed by atoms with E-state index in [0.29, 0.717) is 16.4 Å². The van der Waals surface area contributed by atoms with Crippen molar-refractivity contribution in [3.8, 4) is 5.75 Å². The van der Waals surface area contributed by atoms with Gasteiger partial charge < -0.3 is 9.90 Å². The SMILES string of the molecule is CC(C)(C)c1cc(C(=O)BI)cc(C(C)(C)C)c1O. The summed E-state index contributed by atoms with van der Waals surface area (Å²) in [6.07, 6.45) is 0. The molecule has 1 aromatic carbocycles. The van der Waals surface area contributed by atoms with Gasteiger partial charge in [0.25, 0.3) is 5.14 Å². The van der Waals surface area contributed by atoms with Gasteiger partial charge in [0, 0.05) is 16.7 Å². The molecule has 0 aliphatic heterocycles. The zero-order chi connectivity index (χ0) is 15.0. The predicted molar refractivity (Wildman–Crippen MR) is 91.0 cm³/mol. The summed E-state index contributed by atoms with van der Waals surface area (Å²) >= 11 is 2.08. The Kier molecular flexibility index (Phi) is 4.76. The van der Waals surface area contributed by atoms with Crippen LogP contribution in [0, 0.1) is 0 Å². The fourth-order valence-electron chi connectivity index (χ4n) is 2.02. The summed E-state index contributed by atoms with van der Waals surface area (Å²) in [6, 6.07) is 3.68. The molecule has 4 heteroatoms. The molecule has 0 bridgehead atoms. The van der Waals surface area contributed by atoms with E-state index in [1.54, 1.807) is 0 Å². The van der Waals surface area contributed by atoms with Gasteiger partial charge in [0.15, 0.2) is 0 Å². The molecule has 0 fully saturated rings. The number of hydrogen-bond acceptors (Lipinski definition) is 2. The number of halogens is 1. The van der Waals surface area contributed by atoms with Crippen molar-refractivity contribution >= 4 is 33.2 Å². The molecule has 0 saturated carbocycles. The zero-order valence-electron chi connectivity index (χ0n) is 12.6. The maximum absolute atomic E-state index is 12.0. The first-order valence-electron chi connectivity index (χ1n) is 6.45. The highest BCUT2D eigenvalue weighted by Crippen LogP contribution is 2.39. The Morgan fingerprint density at radius 2 is 1.42 bits per heavy atom. The van der Waals surface area contributed by atoms with Gasteiger partial charge in [0.2, 0.25) is 0 Å². The Balaban J connectivity index is 3.62. The second-order valence-electron chi connectivity index (χ2n) is 6.98. The second-order valence-corrected chi connectivity index (χ2v) is 7.74. The molecule has 1 N–H and O–H groups in total. The molecule has 0 saturated heterocycles. The predicted octanol–water partition coefficient (Wildman–Crippen LogP) is 3.91. The van der Waals surface area contributed by atoms with E-state index in [-0.39, 0.29) is 16.5 Å². The molecule has 0 aliphatic carbocycles. The topological polar surface area (TPSA) is 37.3 Å². The molecule has 2 nitrogen and oxygen atoms in total. The average Bonchev–Trinajstić information content (AvgIpc) is 2.25. The minimum atomic E-state index is -0.189. The Labute approximate surface area is 130 Å². The highest BCUT2D eigenvalue weighted by molar-refractivity contribution is 14.1.